The van der Waals surface area contributed by atoms with Gasteiger partial charge in [0.25, 0.3) is 0 Å². The van der Waals surface area contributed by atoms with Crippen LogP contribution in [0.5, 0.6) is 0 Å². The minimum Gasteiger partial charge on any atom is -0.394 e. The molecule has 426 valence electrons. The Morgan fingerprint density at radius 1 is 0.486 bits per heavy atom. The van der Waals surface area contributed by atoms with Gasteiger partial charge in [-0.3, -0.25) is 4.79 Å². The molecule has 2 rings (SSSR count). The third-order valence-electron chi connectivity index (χ3n) is 15.0. The number of aliphatic hydroxyl groups excluding tert-OH is 8. The van der Waals surface area contributed by atoms with E-state index in [1.54, 1.807) is 6.08 Å². The maximum Gasteiger partial charge on any atom is 0.220 e. The van der Waals surface area contributed by atoms with Crippen LogP contribution in [-0.4, -0.2) is 140 Å². The lowest BCUT2D eigenvalue weighted by molar-refractivity contribution is -0.359. The fourth-order valence-electron chi connectivity index (χ4n) is 10.1. The van der Waals surface area contributed by atoms with E-state index in [1.165, 1.54) is 193 Å². The molecule has 0 bridgehead atoms. The molecule has 72 heavy (non-hydrogen) atoms. The van der Waals surface area contributed by atoms with Crippen molar-refractivity contribution in [3.8, 4) is 0 Å². The molecule has 2 aliphatic rings. The lowest BCUT2D eigenvalue weighted by Crippen LogP contribution is -2.65. The number of nitrogens with one attached hydrogen (secondary N) is 1. The van der Waals surface area contributed by atoms with Crippen LogP contribution in [0.3, 0.4) is 0 Å². The molecule has 0 radical (unpaired) electrons. The van der Waals surface area contributed by atoms with E-state index in [4.69, 9.17) is 18.9 Å². The Labute approximate surface area is 437 Å². The molecule has 0 aromatic rings. The molecule has 0 saturated carbocycles. The first-order valence-corrected chi connectivity index (χ1v) is 29.9. The number of aliphatic hydroxyl groups is 8. The van der Waals surface area contributed by atoms with Gasteiger partial charge >= 0.3 is 0 Å². The number of hydrogen-bond donors (Lipinski definition) is 9. The monoisotopic (exact) mass is 1030 g/mol. The van der Waals surface area contributed by atoms with Gasteiger partial charge < -0.3 is 65.1 Å². The quantitative estimate of drug-likeness (QED) is 0.0205. The molecule has 2 aliphatic heterocycles. The van der Waals surface area contributed by atoms with Gasteiger partial charge in [-0.15, -0.1) is 0 Å². The van der Waals surface area contributed by atoms with E-state index >= 15 is 0 Å². The summed E-state index contributed by atoms with van der Waals surface area (Å²) in [6, 6.07) is -0.909. The standard InChI is InChI=1S/C58H111NO13/c1-3-5-7-9-11-13-15-17-19-21-22-23-24-25-26-28-30-32-34-36-38-40-42-50(63)59-46(47(62)41-39-37-35-33-31-29-27-20-18-16-14-12-10-8-6-4-2)45-69-57-55(68)53(66)56(49(44-61)71-57)72-58-54(67)52(65)51(64)48(43-60)70-58/h39,41,46-49,51-58,60-62,64-68H,3-38,40,42-45H2,1-2H3,(H,59,63)/b41-39+. The highest BCUT2D eigenvalue weighted by atomic mass is 16.7. The summed E-state index contributed by atoms with van der Waals surface area (Å²) in [7, 11) is 0. The molecule has 12 unspecified atom stereocenters. The molecule has 1 amide bonds. The molecular formula is C58H111NO13. The van der Waals surface area contributed by atoms with Gasteiger partial charge in [0.1, 0.15) is 48.8 Å². The van der Waals surface area contributed by atoms with E-state index in [9.17, 15) is 45.6 Å². The van der Waals surface area contributed by atoms with Crippen LogP contribution < -0.4 is 5.32 Å². The summed E-state index contributed by atoms with van der Waals surface area (Å²) in [5.74, 6) is -0.234. The Bertz CT molecular complexity index is 1260. The molecule has 2 fully saturated rings. The fourth-order valence-corrected chi connectivity index (χ4v) is 10.1. The number of ether oxygens (including phenoxy) is 4. The number of allylic oxidation sites excluding steroid dienone is 1. The molecule has 0 aromatic heterocycles. The molecule has 12 atom stereocenters. The van der Waals surface area contributed by atoms with E-state index in [2.05, 4.69) is 19.2 Å². The van der Waals surface area contributed by atoms with Crippen molar-refractivity contribution in [2.45, 2.75) is 331 Å². The van der Waals surface area contributed by atoms with Gasteiger partial charge in [-0.1, -0.05) is 244 Å². The molecule has 2 heterocycles. The lowest BCUT2D eigenvalue weighted by atomic mass is 9.97. The highest BCUT2D eigenvalue weighted by molar-refractivity contribution is 5.76. The van der Waals surface area contributed by atoms with Crippen LogP contribution in [0.25, 0.3) is 0 Å². The molecule has 9 N–H and O–H groups in total. The highest BCUT2D eigenvalue weighted by Crippen LogP contribution is 2.30. The van der Waals surface area contributed by atoms with Gasteiger partial charge in [-0.2, -0.15) is 0 Å². The average molecular weight is 1030 g/mol. The van der Waals surface area contributed by atoms with Crippen LogP contribution >= 0.6 is 0 Å². The maximum absolute atomic E-state index is 13.2. The van der Waals surface area contributed by atoms with Crippen LogP contribution in [0.2, 0.25) is 0 Å². The number of carbonyl (C=O) groups excluding carboxylic acids is 1. The first kappa shape index (κ1) is 66.8. The van der Waals surface area contributed by atoms with Gasteiger partial charge in [0.15, 0.2) is 12.6 Å². The Hall–Kier alpha value is -1.27. The second-order valence-corrected chi connectivity index (χ2v) is 21.5. The predicted octanol–water partition coefficient (Wildman–Crippen LogP) is 9.89. The van der Waals surface area contributed by atoms with E-state index in [0.29, 0.717) is 6.42 Å². The number of amides is 1. The lowest BCUT2D eigenvalue weighted by Gasteiger charge is -2.46. The summed E-state index contributed by atoms with van der Waals surface area (Å²) >= 11 is 0. The van der Waals surface area contributed by atoms with Crippen molar-refractivity contribution in [3.05, 3.63) is 12.2 Å². The second-order valence-electron chi connectivity index (χ2n) is 21.5. The number of hydrogen-bond acceptors (Lipinski definition) is 13. The van der Waals surface area contributed by atoms with Gasteiger partial charge in [-0.05, 0) is 19.3 Å². The van der Waals surface area contributed by atoms with Crippen molar-refractivity contribution in [1.82, 2.24) is 5.32 Å². The molecule has 14 heteroatoms. The Morgan fingerprint density at radius 3 is 1.28 bits per heavy atom. The van der Waals surface area contributed by atoms with Crippen LogP contribution in [0.4, 0.5) is 0 Å². The topological polar surface area (TPSA) is 228 Å². The predicted molar refractivity (Wildman–Crippen MR) is 286 cm³/mol. The summed E-state index contributed by atoms with van der Waals surface area (Å²) in [6.07, 6.45) is 33.9. The van der Waals surface area contributed by atoms with Crippen molar-refractivity contribution in [2.24, 2.45) is 0 Å². The van der Waals surface area contributed by atoms with Crippen molar-refractivity contribution in [1.29, 1.82) is 0 Å². The SMILES string of the molecule is CCCCCCCCCCCCCCCC/C=C/C(O)C(COC1OC(CO)C(OC2OC(CO)C(O)C(O)C2O)C(O)C1O)NC(=O)CCCCCCCCCCCCCCCCCCCCCCCC. The molecule has 0 aliphatic carbocycles. The number of carbonyl (C=O) groups is 1. The van der Waals surface area contributed by atoms with Gasteiger partial charge in [0, 0.05) is 6.42 Å². The summed E-state index contributed by atoms with van der Waals surface area (Å²) in [6.45, 7) is 2.83. The van der Waals surface area contributed by atoms with Crippen molar-refractivity contribution >= 4 is 5.91 Å². The number of rotatable bonds is 48. The summed E-state index contributed by atoms with van der Waals surface area (Å²) in [4.78, 5) is 13.2. The summed E-state index contributed by atoms with van der Waals surface area (Å²) in [5, 5.41) is 87.1. The Balaban J connectivity index is 1.75. The second kappa shape index (κ2) is 44.8. The van der Waals surface area contributed by atoms with Crippen LogP contribution in [0.1, 0.15) is 258 Å². The molecule has 0 aromatic carbocycles. The zero-order valence-corrected chi connectivity index (χ0v) is 45.7. The first-order chi connectivity index (χ1) is 35.1. The van der Waals surface area contributed by atoms with Crippen molar-refractivity contribution in [2.75, 3.05) is 19.8 Å². The third kappa shape index (κ3) is 30.5. The first-order valence-electron chi connectivity index (χ1n) is 29.9. The highest BCUT2D eigenvalue weighted by Gasteiger charge is 2.51. The normalized spacial score (nSPS) is 25.6. The van der Waals surface area contributed by atoms with Crippen molar-refractivity contribution in [3.63, 3.8) is 0 Å². The largest absolute Gasteiger partial charge is 0.394 e. The van der Waals surface area contributed by atoms with Gasteiger partial charge in [0.2, 0.25) is 5.91 Å². The Kier molecular flexibility index (Phi) is 41.6. The van der Waals surface area contributed by atoms with Crippen molar-refractivity contribution < 1.29 is 64.6 Å². The molecule has 2 saturated heterocycles. The minimum atomic E-state index is -1.79. The maximum atomic E-state index is 13.2. The van der Waals surface area contributed by atoms with E-state index in [1.807, 2.05) is 6.08 Å². The minimum absolute atomic E-state index is 0.234. The number of unbranched alkanes of at least 4 members (excludes halogenated alkanes) is 35. The van der Waals surface area contributed by atoms with E-state index in [-0.39, 0.29) is 18.9 Å². The van der Waals surface area contributed by atoms with Crippen LogP contribution in [-0.2, 0) is 23.7 Å². The van der Waals surface area contributed by atoms with Crippen LogP contribution in [0, 0.1) is 0 Å². The van der Waals surface area contributed by atoms with E-state index in [0.717, 1.165) is 38.5 Å². The van der Waals surface area contributed by atoms with Gasteiger partial charge in [0.05, 0.1) is 32.0 Å². The smallest absolute Gasteiger partial charge is 0.220 e. The van der Waals surface area contributed by atoms with Gasteiger partial charge in [-0.25, -0.2) is 0 Å². The third-order valence-corrected chi connectivity index (χ3v) is 15.0. The molecular weight excluding hydrogens is 919 g/mol. The zero-order valence-electron chi connectivity index (χ0n) is 45.7. The summed E-state index contributed by atoms with van der Waals surface area (Å²) < 4.78 is 22.8. The van der Waals surface area contributed by atoms with E-state index < -0.39 is 86.8 Å². The Morgan fingerprint density at radius 2 is 0.861 bits per heavy atom. The molecule has 14 nitrogen and oxygen atoms in total. The summed E-state index contributed by atoms with van der Waals surface area (Å²) in [5.41, 5.74) is 0. The van der Waals surface area contributed by atoms with Crippen LogP contribution in [0.15, 0.2) is 12.2 Å². The average Bonchev–Trinajstić information content (AvgIpc) is 3.38. The molecule has 0 spiro atoms. The fraction of sp³-hybridized carbons (Fsp3) is 0.948. The zero-order chi connectivity index (χ0) is 52.4.